The molecule has 4 N–H and O–H groups in total. The fourth-order valence-corrected chi connectivity index (χ4v) is 1.50. The van der Waals surface area contributed by atoms with E-state index in [0.717, 1.165) is 12.8 Å². The highest BCUT2D eigenvalue weighted by Gasteiger charge is 2.26. The van der Waals surface area contributed by atoms with Gasteiger partial charge in [-0.2, -0.15) is 0 Å². The van der Waals surface area contributed by atoms with Crippen molar-refractivity contribution in [1.29, 1.82) is 0 Å². The Bertz CT molecular complexity index is 427. The molecule has 0 aliphatic heterocycles. The Morgan fingerprint density at radius 1 is 1.56 bits per heavy atom. The van der Waals surface area contributed by atoms with Gasteiger partial charge in [0.25, 0.3) is 5.91 Å². The van der Waals surface area contributed by atoms with Gasteiger partial charge in [-0.25, -0.2) is 0 Å². The standard InChI is InChI=1S/C11H14N2O3/c1-16-9-5-6(12)4-8(14)10(9)11(15)13-7-2-3-7/h4-5,7,14H,2-3,12H2,1H3,(H,13,15). The minimum absolute atomic E-state index is 0.142. The van der Waals surface area contributed by atoms with Crippen LogP contribution in [0, 0.1) is 0 Å². The summed E-state index contributed by atoms with van der Waals surface area (Å²) in [4.78, 5) is 11.8. The number of phenolic OH excluding ortho intramolecular Hbond substituents is 1. The molecule has 0 radical (unpaired) electrons. The molecule has 2 rings (SSSR count). The van der Waals surface area contributed by atoms with Crippen LogP contribution in [0.5, 0.6) is 11.5 Å². The van der Waals surface area contributed by atoms with Crippen molar-refractivity contribution in [3.05, 3.63) is 17.7 Å². The van der Waals surface area contributed by atoms with Crippen LogP contribution in [0.3, 0.4) is 0 Å². The van der Waals surface area contributed by atoms with Crippen molar-refractivity contribution in [1.82, 2.24) is 5.32 Å². The molecule has 1 aromatic rings. The maximum Gasteiger partial charge on any atom is 0.259 e. The number of rotatable bonds is 3. The first-order chi connectivity index (χ1) is 7.61. The Balaban J connectivity index is 2.32. The second kappa shape index (κ2) is 3.92. The number of anilines is 1. The lowest BCUT2D eigenvalue weighted by atomic mass is 10.1. The fraction of sp³-hybridized carbons (Fsp3) is 0.364. The fourth-order valence-electron chi connectivity index (χ4n) is 1.50. The molecule has 0 saturated heterocycles. The number of ether oxygens (including phenoxy) is 1. The zero-order chi connectivity index (χ0) is 11.7. The van der Waals surface area contributed by atoms with Gasteiger partial charge in [-0.15, -0.1) is 0 Å². The number of benzene rings is 1. The molecule has 5 heteroatoms. The Labute approximate surface area is 93.2 Å². The molecular formula is C11H14N2O3. The van der Waals surface area contributed by atoms with Crippen LogP contribution in [-0.4, -0.2) is 24.2 Å². The number of carbonyl (C=O) groups is 1. The number of phenols is 1. The van der Waals surface area contributed by atoms with E-state index in [1.165, 1.54) is 19.2 Å². The first kappa shape index (κ1) is 10.6. The van der Waals surface area contributed by atoms with E-state index in [1.54, 1.807) is 0 Å². The third kappa shape index (κ3) is 2.03. The minimum atomic E-state index is -0.322. The largest absolute Gasteiger partial charge is 0.507 e. The molecule has 1 fully saturated rings. The van der Waals surface area contributed by atoms with Gasteiger partial charge >= 0.3 is 0 Å². The summed E-state index contributed by atoms with van der Waals surface area (Å²) in [5.41, 5.74) is 6.05. The maximum absolute atomic E-state index is 11.8. The predicted molar refractivity (Wildman–Crippen MR) is 59.6 cm³/mol. The van der Waals surface area contributed by atoms with Crippen molar-refractivity contribution in [3.8, 4) is 11.5 Å². The van der Waals surface area contributed by atoms with E-state index in [0.29, 0.717) is 5.69 Å². The molecule has 1 aliphatic carbocycles. The zero-order valence-electron chi connectivity index (χ0n) is 8.99. The summed E-state index contributed by atoms with van der Waals surface area (Å²) in [6, 6.07) is 3.08. The van der Waals surface area contributed by atoms with E-state index in [2.05, 4.69) is 5.32 Å². The molecule has 0 heterocycles. The number of nitrogen functional groups attached to an aromatic ring is 1. The predicted octanol–water partition coefficient (Wildman–Crippen LogP) is 0.875. The first-order valence-electron chi connectivity index (χ1n) is 5.09. The van der Waals surface area contributed by atoms with Gasteiger partial charge in [0.1, 0.15) is 17.1 Å². The molecule has 0 bridgehead atoms. The Kier molecular flexibility index (Phi) is 2.60. The van der Waals surface area contributed by atoms with Gasteiger partial charge < -0.3 is 20.9 Å². The third-order valence-corrected chi connectivity index (χ3v) is 2.46. The molecule has 1 aromatic carbocycles. The van der Waals surface area contributed by atoms with E-state index in [4.69, 9.17) is 10.5 Å². The van der Waals surface area contributed by atoms with E-state index in [9.17, 15) is 9.90 Å². The highest BCUT2D eigenvalue weighted by Crippen LogP contribution is 2.31. The number of nitrogens with one attached hydrogen (secondary N) is 1. The number of amides is 1. The summed E-state index contributed by atoms with van der Waals surface area (Å²) in [5, 5.41) is 12.5. The van der Waals surface area contributed by atoms with Crippen molar-refractivity contribution in [2.45, 2.75) is 18.9 Å². The van der Waals surface area contributed by atoms with E-state index >= 15 is 0 Å². The average Bonchev–Trinajstić information content (AvgIpc) is 2.99. The lowest BCUT2D eigenvalue weighted by Crippen LogP contribution is -2.26. The number of hydrogen-bond acceptors (Lipinski definition) is 4. The molecule has 0 atom stereocenters. The van der Waals surface area contributed by atoms with Crippen LogP contribution in [0.1, 0.15) is 23.2 Å². The van der Waals surface area contributed by atoms with Crippen LogP contribution in [0.4, 0.5) is 5.69 Å². The van der Waals surface area contributed by atoms with Crippen molar-refractivity contribution in [3.63, 3.8) is 0 Å². The van der Waals surface area contributed by atoms with Crippen molar-refractivity contribution >= 4 is 11.6 Å². The summed E-state index contributed by atoms with van der Waals surface area (Å²) < 4.78 is 5.03. The van der Waals surface area contributed by atoms with E-state index in [-0.39, 0.29) is 29.0 Å². The monoisotopic (exact) mass is 222 g/mol. The third-order valence-electron chi connectivity index (χ3n) is 2.46. The minimum Gasteiger partial charge on any atom is -0.507 e. The van der Waals surface area contributed by atoms with Gasteiger partial charge in [-0.3, -0.25) is 4.79 Å². The highest BCUT2D eigenvalue weighted by atomic mass is 16.5. The number of hydrogen-bond donors (Lipinski definition) is 3. The van der Waals surface area contributed by atoms with Gasteiger partial charge in [0.05, 0.1) is 7.11 Å². The van der Waals surface area contributed by atoms with Gasteiger partial charge in [0.15, 0.2) is 0 Å². The van der Waals surface area contributed by atoms with Crippen molar-refractivity contribution in [2.75, 3.05) is 12.8 Å². The van der Waals surface area contributed by atoms with Gasteiger partial charge in [0, 0.05) is 23.9 Å². The lowest BCUT2D eigenvalue weighted by Gasteiger charge is -2.11. The van der Waals surface area contributed by atoms with E-state index < -0.39 is 0 Å². The number of methoxy groups -OCH3 is 1. The lowest BCUT2D eigenvalue weighted by molar-refractivity contribution is 0.0945. The SMILES string of the molecule is COc1cc(N)cc(O)c1C(=O)NC1CC1. The van der Waals surface area contributed by atoms with Crippen LogP contribution >= 0.6 is 0 Å². The molecule has 1 saturated carbocycles. The number of aromatic hydroxyl groups is 1. The molecule has 0 spiro atoms. The molecule has 16 heavy (non-hydrogen) atoms. The molecule has 0 unspecified atom stereocenters. The number of carbonyl (C=O) groups excluding carboxylic acids is 1. The van der Waals surface area contributed by atoms with Gasteiger partial charge in [0.2, 0.25) is 0 Å². The van der Waals surface area contributed by atoms with Crippen LogP contribution in [-0.2, 0) is 0 Å². The molecular weight excluding hydrogens is 208 g/mol. The smallest absolute Gasteiger partial charge is 0.259 e. The molecule has 1 aliphatic rings. The summed E-state index contributed by atoms with van der Waals surface area (Å²) >= 11 is 0. The summed E-state index contributed by atoms with van der Waals surface area (Å²) in [7, 11) is 1.43. The molecule has 86 valence electrons. The Hall–Kier alpha value is -1.91. The van der Waals surface area contributed by atoms with Crippen molar-refractivity contribution < 1.29 is 14.6 Å². The summed E-state index contributed by atoms with van der Waals surface area (Å²) in [6.07, 6.45) is 1.98. The van der Waals surface area contributed by atoms with Crippen LogP contribution in [0.2, 0.25) is 0 Å². The number of nitrogens with two attached hydrogens (primary N) is 1. The van der Waals surface area contributed by atoms with Crippen LogP contribution in [0.25, 0.3) is 0 Å². The van der Waals surface area contributed by atoms with Gasteiger partial charge in [-0.1, -0.05) is 0 Å². The summed E-state index contributed by atoms with van der Waals surface area (Å²) in [6.45, 7) is 0. The average molecular weight is 222 g/mol. The molecule has 5 nitrogen and oxygen atoms in total. The first-order valence-corrected chi connectivity index (χ1v) is 5.09. The second-order valence-electron chi connectivity index (χ2n) is 3.87. The zero-order valence-corrected chi connectivity index (χ0v) is 8.99. The molecule has 0 aromatic heterocycles. The second-order valence-corrected chi connectivity index (χ2v) is 3.87. The molecule has 1 amide bonds. The maximum atomic E-state index is 11.8. The van der Waals surface area contributed by atoms with Crippen molar-refractivity contribution in [2.24, 2.45) is 0 Å². The quantitative estimate of drug-likeness (QED) is 0.663. The van der Waals surface area contributed by atoms with Crippen LogP contribution < -0.4 is 15.8 Å². The van der Waals surface area contributed by atoms with Gasteiger partial charge in [-0.05, 0) is 12.8 Å². The summed E-state index contributed by atoms with van der Waals surface area (Å²) in [5.74, 6) is -0.192. The topological polar surface area (TPSA) is 84.6 Å². The Morgan fingerprint density at radius 3 is 2.81 bits per heavy atom. The Morgan fingerprint density at radius 2 is 2.25 bits per heavy atom. The van der Waals surface area contributed by atoms with E-state index in [1.807, 2.05) is 0 Å². The highest BCUT2D eigenvalue weighted by molar-refractivity contribution is 6.00. The normalized spacial score (nSPS) is 14.6. The van der Waals surface area contributed by atoms with Crippen LogP contribution in [0.15, 0.2) is 12.1 Å².